The molecule has 0 saturated carbocycles. The molecule has 0 aliphatic carbocycles. The van der Waals surface area contributed by atoms with E-state index in [0.717, 1.165) is 16.5 Å². The molecule has 1 heterocycles. The predicted molar refractivity (Wildman–Crippen MR) is 102 cm³/mol. The summed E-state index contributed by atoms with van der Waals surface area (Å²) in [5.41, 5.74) is 4.22. The van der Waals surface area contributed by atoms with Gasteiger partial charge in [-0.05, 0) is 18.2 Å². The molecule has 2 aromatic carbocycles. The Bertz CT molecular complexity index is 937. The quantitative estimate of drug-likeness (QED) is 0.525. The Morgan fingerprint density at radius 1 is 1.23 bits per heavy atom. The third-order valence-corrected chi connectivity index (χ3v) is 4.10. The lowest BCUT2D eigenvalue weighted by Gasteiger charge is -2.09. The van der Waals surface area contributed by atoms with Gasteiger partial charge in [0.25, 0.3) is 0 Å². The van der Waals surface area contributed by atoms with Crippen LogP contribution in [0.1, 0.15) is 5.56 Å². The number of carbonyl (C=O) groups excluding carboxylic acids is 1. The molecule has 7 heteroatoms. The molecule has 0 aliphatic heterocycles. The smallest absolute Gasteiger partial charge is 0.427 e. The van der Waals surface area contributed by atoms with Crippen LogP contribution in [0.4, 0.5) is 4.79 Å². The van der Waals surface area contributed by atoms with Crippen molar-refractivity contribution in [1.82, 2.24) is 9.99 Å². The molecule has 0 aliphatic rings. The Morgan fingerprint density at radius 2 is 2.00 bits per heavy atom. The topological polar surface area (TPSA) is 64.8 Å². The average molecular weight is 372 g/mol. The largest absolute Gasteiger partial charge is 0.490 e. The summed E-state index contributed by atoms with van der Waals surface area (Å²) in [4.78, 5) is 11.1. The summed E-state index contributed by atoms with van der Waals surface area (Å²) in [7, 11) is 1.29. The molecule has 0 saturated heterocycles. The first-order chi connectivity index (χ1) is 12.7. The fourth-order valence-electron chi connectivity index (χ4n) is 2.58. The van der Waals surface area contributed by atoms with Gasteiger partial charge in [-0.25, -0.2) is 10.2 Å². The Morgan fingerprint density at radius 3 is 2.81 bits per heavy atom. The van der Waals surface area contributed by atoms with Crippen molar-refractivity contribution in [2.75, 3.05) is 13.7 Å². The zero-order chi connectivity index (χ0) is 18.4. The number of fused-ring (bicyclic) bond motifs is 1. The molecule has 3 rings (SSSR count). The monoisotopic (exact) mass is 371 g/mol. The van der Waals surface area contributed by atoms with Crippen molar-refractivity contribution in [3.63, 3.8) is 0 Å². The molecule has 3 aromatic rings. The Balaban J connectivity index is 1.74. The SMILES string of the molecule is COC(=O)N/N=C\c1cn(CCOc2ccccc2Cl)c2ccccc12. The van der Waals surface area contributed by atoms with Gasteiger partial charge in [0.05, 0.1) is 24.9 Å². The zero-order valence-corrected chi connectivity index (χ0v) is 14.9. The number of para-hydroxylation sites is 2. The molecule has 0 atom stereocenters. The Kier molecular flexibility index (Phi) is 5.76. The maximum atomic E-state index is 11.1. The molecule has 0 bridgehead atoms. The molecule has 6 nitrogen and oxygen atoms in total. The van der Waals surface area contributed by atoms with Gasteiger partial charge in [0.15, 0.2) is 0 Å². The number of amides is 1. The summed E-state index contributed by atoms with van der Waals surface area (Å²) < 4.78 is 12.3. The van der Waals surface area contributed by atoms with Crippen molar-refractivity contribution < 1.29 is 14.3 Å². The van der Waals surface area contributed by atoms with E-state index in [1.807, 2.05) is 48.7 Å². The molecule has 1 aromatic heterocycles. The van der Waals surface area contributed by atoms with Crippen molar-refractivity contribution in [3.05, 3.63) is 65.3 Å². The highest BCUT2D eigenvalue weighted by molar-refractivity contribution is 6.32. The summed E-state index contributed by atoms with van der Waals surface area (Å²) in [5, 5.41) is 5.52. The standard InChI is InChI=1S/C19H18ClN3O3/c1-25-19(24)22-21-12-14-13-23(17-8-4-2-6-15(14)17)10-11-26-18-9-5-3-7-16(18)20/h2-9,12-13H,10-11H2,1H3,(H,22,24)/b21-12-. The highest BCUT2D eigenvalue weighted by atomic mass is 35.5. The molecular weight excluding hydrogens is 354 g/mol. The number of halogens is 1. The average Bonchev–Trinajstić information content (AvgIpc) is 3.01. The minimum atomic E-state index is -0.613. The van der Waals surface area contributed by atoms with Gasteiger partial charge in [0.2, 0.25) is 0 Å². The van der Waals surface area contributed by atoms with Gasteiger partial charge in [0, 0.05) is 22.7 Å². The molecule has 0 spiro atoms. The maximum Gasteiger partial charge on any atom is 0.427 e. The van der Waals surface area contributed by atoms with Crippen LogP contribution in [-0.4, -0.2) is 30.6 Å². The van der Waals surface area contributed by atoms with E-state index in [-0.39, 0.29) is 0 Å². The van der Waals surface area contributed by atoms with Gasteiger partial charge in [-0.1, -0.05) is 41.9 Å². The van der Waals surface area contributed by atoms with Crippen molar-refractivity contribution in [1.29, 1.82) is 0 Å². The van der Waals surface area contributed by atoms with E-state index >= 15 is 0 Å². The molecule has 1 amide bonds. The lowest BCUT2D eigenvalue weighted by molar-refractivity contribution is 0.171. The van der Waals surface area contributed by atoms with Crippen LogP contribution in [0.3, 0.4) is 0 Å². The normalized spacial score (nSPS) is 11.0. The number of hydrogen-bond acceptors (Lipinski definition) is 4. The summed E-state index contributed by atoms with van der Waals surface area (Å²) in [6, 6.07) is 15.3. The molecule has 0 fully saturated rings. The fraction of sp³-hybridized carbons (Fsp3) is 0.158. The van der Waals surface area contributed by atoms with Crippen LogP contribution in [0.5, 0.6) is 5.75 Å². The lowest BCUT2D eigenvalue weighted by atomic mass is 10.2. The predicted octanol–water partition coefficient (Wildman–Crippen LogP) is 4.06. The van der Waals surface area contributed by atoms with Crippen molar-refractivity contribution in [3.8, 4) is 5.75 Å². The maximum absolute atomic E-state index is 11.1. The second-order valence-corrected chi connectivity index (χ2v) is 5.84. The first-order valence-corrected chi connectivity index (χ1v) is 8.39. The van der Waals surface area contributed by atoms with E-state index in [1.165, 1.54) is 7.11 Å². The number of methoxy groups -OCH3 is 1. The number of nitrogens with one attached hydrogen (secondary N) is 1. The number of hydrazone groups is 1. The second kappa shape index (κ2) is 8.40. The molecule has 1 N–H and O–H groups in total. The second-order valence-electron chi connectivity index (χ2n) is 5.44. The van der Waals surface area contributed by atoms with E-state index in [4.69, 9.17) is 16.3 Å². The van der Waals surface area contributed by atoms with E-state index < -0.39 is 6.09 Å². The van der Waals surface area contributed by atoms with Crippen LogP contribution in [0.2, 0.25) is 5.02 Å². The minimum Gasteiger partial charge on any atom is -0.490 e. The van der Waals surface area contributed by atoms with E-state index in [0.29, 0.717) is 23.9 Å². The first kappa shape index (κ1) is 17.8. The fourth-order valence-corrected chi connectivity index (χ4v) is 2.77. The lowest BCUT2D eigenvalue weighted by Crippen LogP contribution is -2.16. The van der Waals surface area contributed by atoms with Gasteiger partial charge in [-0.3, -0.25) is 0 Å². The van der Waals surface area contributed by atoms with Gasteiger partial charge in [-0.2, -0.15) is 5.10 Å². The van der Waals surface area contributed by atoms with Crippen LogP contribution in [0.25, 0.3) is 10.9 Å². The number of nitrogens with zero attached hydrogens (tertiary/aromatic N) is 2. The van der Waals surface area contributed by atoms with E-state index in [9.17, 15) is 4.79 Å². The van der Waals surface area contributed by atoms with Gasteiger partial charge >= 0.3 is 6.09 Å². The van der Waals surface area contributed by atoms with Gasteiger partial charge in [0.1, 0.15) is 12.4 Å². The molecule has 134 valence electrons. The summed E-state index contributed by atoms with van der Waals surface area (Å²) in [6.45, 7) is 1.11. The zero-order valence-electron chi connectivity index (χ0n) is 14.2. The first-order valence-electron chi connectivity index (χ1n) is 8.01. The van der Waals surface area contributed by atoms with Crippen molar-refractivity contribution in [2.45, 2.75) is 6.54 Å². The molecule has 26 heavy (non-hydrogen) atoms. The molecular formula is C19H18ClN3O3. The van der Waals surface area contributed by atoms with Crippen molar-refractivity contribution >= 4 is 34.8 Å². The third-order valence-electron chi connectivity index (χ3n) is 3.79. The summed E-state index contributed by atoms with van der Waals surface area (Å²) in [6.07, 6.45) is 2.94. The number of carbonyl (C=O) groups is 1. The van der Waals surface area contributed by atoms with E-state index in [1.54, 1.807) is 12.3 Å². The molecule has 0 radical (unpaired) electrons. The number of ether oxygens (including phenoxy) is 2. The van der Waals surface area contributed by atoms with Gasteiger partial charge < -0.3 is 14.0 Å². The van der Waals surface area contributed by atoms with Crippen LogP contribution < -0.4 is 10.2 Å². The van der Waals surface area contributed by atoms with Crippen LogP contribution in [-0.2, 0) is 11.3 Å². The van der Waals surface area contributed by atoms with E-state index in [2.05, 4.69) is 19.8 Å². The van der Waals surface area contributed by atoms with Gasteiger partial charge in [-0.15, -0.1) is 0 Å². The van der Waals surface area contributed by atoms with Crippen LogP contribution >= 0.6 is 11.6 Å². The highest BCUT2D eigenvalue weighted by Gasteiger charge is 2.07. The number of benzene rings is 2. The minimum absolute atomic E-state index is 0.472. The highest BCUT2D eigenvalue weighted by Crippen LogP contribution is 2.24. The van der Waals surface area contributed by atoms with Crippen LogP contribution in [0, 0.1) is 0 Å². The number of hydrogen-bond donors (Lipinski definition) is 1. The Labute approximate surface area is 156 Å². The third kappa shape index (κ3) is 4.15. The van der Waals surface area contributed by atoms with Crippen LogP contribution in [0.15, 0.2) is 59.8 Å². The molecule has 0 unspecified atom stereocenters. The summed E-state index contributed by atoms with van der Waals surface area (Å²) >= 11 is 6.11. The number of aromatic nitrogens is 1. The van der Waals surface area contributed by atoms with Crippen molar-refractivity contribution in [2.24, 2.45) is 5.10 Å². The summed E-state index contributed by atoms with van der Waals surface area (Å²) in [5.74, 6) is 0.662. The Hall–Kier alpha value is -2.99. The number of rotatable bonds is 6.